The van der Waals surface area contributed by atoms with Gasteiger partial charge >= 0.3 is 0 Å². The third-order valence-corrected chi connectivity index (χ3v) is 7.07. The first-order chi connectivity index (χ1) is 20.3. The summed E-state index contributed by atoms with van der Waals surface area (Å²) in [5, 5.41) is 0. The van der Waals surface area contributed by atoms with Crippen LogP contribution in [0.4, 0.5) is 0 Å². The Morgan fingerprint density at radius 3 is 1.24 bits per heavy atom. The van der Waals surface area contributed by atoms with Crippen LogP contribution in [0.5, 0.6) is 0 Å². The van der Waals surface area contributed by atoms with E-state index in [9.17, 15) is 0 Å². The molecule has 10 heteroatoms. The molecule has 0 N–H and O–H groups in total. The van der Waals surface area contributed by atoms with Crippen molar-refractivity contribution in [1.82, 2.24) is 9.97 Å². The van der Waals surface area contributed by atoms with Crippen LogP contribution in [0.15, 0.2) is 44.2 Å². The summed E-state index contributed by atoms with van der Waals surface area (Å²) >= 11 is 0. The van der Waals surface area contributed by atoms with E-state index in [1.54, 1.807) is 0 Å². The van der Waals surface area contributed by atoms with Crippen LogP contribution in [0.25, 0.3) is 11.1 Å². The van der Waals surface area contributed by atoms with E-state index in [4.69, 9.17) is 48.9 Å². The molecular formula is C32H44N6O4. The van der Waals surface area contributed by atoms with Gasteiger partial charge in [-0.3, -0.25) is 20.0 Å². The molecule has 0 aromatic carbocycles. The minimum absolute atomic E-state index is 0.0210. The van der Waals surface area contributed by atoms with Gasteiger partial charge < -0.3 is 18.9 Å². The van der Waals surface area contributed by atoms with Crippen molar-refractivity contribution >= 4 is 22.8 Å². The number of nitrogens with zero attached hydrogens (tertiary/aromatic N) is 6. The van der Waals surface area contributed by atoms with Gasteiger partial charge in [0.25, 0.3) is 0 Å². The SMILES string of the molecule is CC1=NCCOCCOC(C)CN=C(C)c2cc(-c3cc4nc(c3)C(C)=NCC(C)OCCOCCN=C4C)cc1n2. The van der Waals surface area contributed by atoms with Gasteiger partial charge in [-0.15, -0.1) is 0 Å². The van der Waals surface area contributed by atoms with Crippen molar-refractivity contribution < 1.29 is 18.9 Å². The summed E-state index contributed by atoms with van der Waals surface area (Å²) in [6.07, 6.45) is -0.0420. The summed E-state index contributed by atoms with van der Waals surface area (Å²) in [5.74, 6) is 0. The molecule has 2 aliphatic heterocycles. The van der Waals surface area contributed by atoms with Crippen molar-refractivity contribution in [2.75, 3.05) is 65.8 Å². The fourth-order valence-corrected chi connectivity index (χ4v) is 4.47. The smallest absolute Gasteiger partial charge is 0.0851 e. The zero-order valence-corrected chi connectivity index (χ0v) is 25.9. The zero-order chi connectivity index (χ0) is 29.9. The van der Waals surface area contributed by atoms with E-state index in [0.29, 0.717) is 65.8 Å². The highest BCUT2D eigenvalue weighted by atomic mass is 16.5. The van der Waals surface area contributed by atoms with Crippen LogP contribution in [-0.4, -0.2) is 111 Å². The Labute approximate surface area is 249 Å². The Morgan fingerprint density at radius 1 is 0.500 bits per heavy atom. The number of aliphatic imine (C=N–C) groups is 4. The van der Waals surface area contributed by atoms with E-state index >= 15 is 0 Å². The molecule has 2 aliphatic rings. The molecule has 2 unspecified atom stereocenters. The van der Waals surface area contributed by atoms with Crippen molar-refractivity contribution in [3.8, 4) is 11.1 Å². The molecule has 2 atom stereocenters. The van der Waals surface area contributed by atoms with E-state index in [1.807, 2.05) is 41.5 Å². The van der Waals surface area contributed by atoms with Gasteiger partial charge in [-0.05, 0) is 76.9 Å². The Kier molecular flexibility index (Phi) is 12.0. The van der Waals surface area contributed by atoms with Crippen molar-refractivity contribution in [1.29, 1.82) is 0 Å². The molecule has 4 bridgehead atoms. The highest BCUT2D eigenvalue weighted by Crippen LogP contribution is 2.25. The zero-order valence-electron chi connectivity index (χ0n) is 25.9. The molecule has 4 heterocycles. The maximum atomic E-state index is 5.85. The second-order valence-electron chi connectivity index (χ2n) is 10.6. The predicted molar refractivity (Wildman–Crippen MR) is 168 cm³/mol. The minimum atomic E-state index is -0.0210. The average molecular weight is 577 g/mol. The van der Waals surface area contributed by atoms with E-state index < -0.39 is 0 Å². The van der Waals surface area contributed by atoms with Gasteiger partial charge in [0.05, 0.1) is 124 Å². The van der Waals surface area contributed by atoms with Gasteiger partial charge in [-0.1, -0.05) is 0 Å². The number of ether oxygens (including phenoxy) is 4. The molecule has 0 aliphatic carbocycles. The molecular weight excluding hydrogens is 532 g/mol. The van der Waals surface area contributed by atoms with Crippen molar-refractivity contribution in [2.24, 2.45) is 20.0 Å². The summed E-state index contributed by atoms with van der Waals surface area (Å²) in [6.45, 7) is 17.4. The first-order valence-electron chi connectivity index (χ1n) is 14.8. The van der Waals surface area contributed by atoms with Crippen LogP contribution in [0.1, 0.15) is 64.3 Å². The van der Waals surface area contributed by atoms with Crippen LogP contribution in [-0.2, 0) is 18.9 Å². The molecule has 0 saturated heterocycles. The Balaban J connectivity index is 1.82. The molecule has 0 saturated carbocycles. The summed E-state index contributed by atoms with van der Waals surface area (Å²) in [4.78, 5) is 29.0. The fourth-order valence-electron chi connectivity index (χ4n) is 4.47. The third-order valence-electron chi connectivity index (χ3n) is 7.07. The molecule has 10 nitrogen and oxygen atoms in total. The van der Waals surface area contributed by atoms with Gasteiger partial charge in [0.15, 0.2) is 0 Å². The number of hydrogen-bond acceptors (Lipinski definition) is 10. The second kappa shape index (κ2) is 15.9. The molecule has 0 radical (unpaired) electrons. The molecule has 0 spiro atoms. The summed E-state index contributed by atoms with van der Waals surface area (Å²) < 4.78 is 23.1. The molecule has 2 aromatic rings. The summed E-state index contributed by atoms with van der Waals surface area (Å²) in [7, 11) is 0. The average Bonchev–Trinajstić information content (AvgIpc) is 3.00. The number of aromatic nitrogens is 2. The molecule has 226 valence electrons. The monoisotopic (exact) mass is 576 g/mol. The predicted octanol–water partition coefficient (Wildman–Crippen LogP) is 4.25. The summed E-state index contributed by atoms with van der Waals surface area (Å²) in [5.41, 5.74) is 8.56. The van der Waals surface area contributed by atoms with Gasteiger partial charge in [-0.2, -0.15) is 0 Å². The fraction of sp³-hybridized carbons (Fsp3) is 0.562. The van der Waals surface area contributed by atoms with Crippen molar-refractivity contribution in [3.05, 3.63) is 47.0 Å². The second-order valence-corrected chi connectivity index (χ2v) is 10.6. The van der Waals surface area contributed by atoms with Crippen LogP contribution in [0, 0.1) is 0 Å². The lowest BCUT2D eigenvalue weighted by molar-refractivity contribution is 0.0181. The molecule has 0 amide bonds. The van der Waals surface area contributed by atoms with Gasteiger partial charge in [0, 0.05) is 0 Å². The first-order valence-corrected chi connectivity index (χ1v) is 14.8. The summed E-state index contributed by atoms with van der Waals surface area (Å²) in [6, 6.07) is 8.32. The molecule has 0 fully saturated rings. The quantitative estimate of drug-likeness (QED) is 0.502. The van der Waals surface area contributed by atoms with Crippen molar-refractivity contribution in [2.45, 2.75) is 53.8 Å². The maximum absolute atomic E-state index is 5.85. The van der Waals surface area contributed by atoms with Crippen LogP contribution in [0.3, 0.4) is 0 Å². The first kappa shape index (κ1) is 31.7. The van der Waals surface area contributed by atoms with Crippen LogP contribution in [0.2, 0.25) is 0 Å². The van der Waals surface area contributed by atoms with Gasteiger partial charge in [0.1, 0.15) is 0 Å². The number of rotatable bonds is 1. The number of pyridine rings is 2. The standard InChI is InChI=1S/C32H44N6O4/c1-21-19-35-25(5)31-17-27(15-29(37-31)23(3)33-7-9-39-11-13-41-21)28-16-30-24(4)34-8-10-40-12-14-42-22(2)20-36-26(6)32(18-28)38-30/h15-18,21-22H,7-14,19-20H2,1-6H3. The van der Waals surface area contributed by atoms with Gasteiger partial charge in [0.2, 0.25) is 0 Å². The normalized spacial score (nSPS) is 22.2. The lowest BCUT2D eigenvalue weighted by Crippen LogP contribution is -2.17. The topological polar surface area (TPSA) is 112 Å². The van der Waals surface area contributed by atoms with Crippen LogP contribution < -0.4 is 0 Å². The lowest BCUT2D eigenvalue weighted by atomic mass is 10.00. The minimum Gasteiger partial charge on any atom is -0.377 e. The van der Waals surface area contributed by atoms with E-state index in [0.717, 1.165) is 56.7 Å². The Hall–Kier alpha value is -3.18. The Bertz CT molecular complexity index is 1230. The Morgan fingerprint density at radius 2 is 0.857 bits per heavy atom. The third kappa shape index (κ3) is 9.42. The molecule has 2 aromatic heterocycles. The van der Waals surface area contributed by atoms with Gasteiger partial charge in [-0.25, -0.2) is 9.97 Å². The molecule has 42 heavy (non-hydrogen) atoms. The lowest BCUT2D eigenvalue weighted by Gasteiger charge is -2.14. The largest absolute Gasteiger partial charge is 0.377 e. The van der Waals surface area contributed by atoms with E-state index in [1.165, 1.54) is 0 Å². The van der Waals surface area contributed by atoms with Crippen molar-refractivity contribution in [3.63, 3.8) is 0 Å². The molecule has 4 rings (SSSR count). The highest BCUT2D eigenvalue weighted by Gasteiger charge is 2.15. The highest BCUT2D eigenvalue weighted by molar-refractivity contribution is 6.04. The van der Waals surface area contributed by atoms with E-state index in [-0.39, 0.29) is 12.2 Å². The van der Waals surface area contributed by atoms with Crippen LogP contribution >= 0.6 is 0 Å². The number of hydrogen-bond donors (Lipinski definition) is 0. The number of fused-ring (bicyclic) bond motifs is 4. The van der Waals surface area contributed by atoms with E-state index in [2.05, 4.69) is 24.3 Å². The maximum Gasteiger partial charge on any atom is 0.0851 e.